The summed E-state index contributed by atoms with van der Waals surface area (Å²) in [5.41, 5.74) is 1.16. The molecule has 1 aromatic rings. The van der Waals surface area contributed by atoms with Crippen molar-refractivity contribution in [1.82, 2.24) is 9.62 Å². The lowest BCUT2D eigenvalue weighted by molar-refractivity contribution is -0.140. The minimum absolute atomic E-state index is 0.0837. The topological polar surface area (TPSA) is 103 Å². The zero-order valence-electron chi connectivity index (χ0n) is 23.2. The number of hydrogen-bond donors (Lipinski definition) is 1. The highest BCUT2D eigenvalue weighted by atomic mass is 32.2. The van der Waals surface area contributed by atoms with E-state index in [0.717, 1.165) is 49.4 Å². The number of benzene rings is 1. The number of rotatable bonds is 3. The predicted octanol–water partition coefficient (Wildman–Crippen LogP) is 2.33. The van der Waals surface area contributed by atoms with Crippen molar-refractivity contribution >= 4 is 28.5 Å². The van der Waals surface area contributed by atoms with E-state index in [1.807, 2.05) is 39.8 Å². The van der Waals surface area contributed by atoms with E-state index in [-0.39, 0.29) is 36.6 Å². The average Bonchev–Trinajstić information content (AvgIpc) is 3.07. The maximum absolute atomic E-state index is 13.4. The molecule has 5 aliphatic rings. The molecule has 4 aliphatic heterocycles. The highest BCUT2D eigenvalue weighted by Crippen LogP contribution is 2.40. The number of carbonyl (C=O) groups excluding carboxylic acids is 1. The molecule has 6 rings (SSSR count). The Morgan fingerprint density at radius 2 is 1.71 bits per heavy atom. The Kier molecular flexibility index (Phi) is 7.63. The number of amides is 1. The fourth-order valence-electron chi connectivity index (χ4n) is 6.13. The Bertz CT molecular complexity index is 1130. The van der Waals surface area contributed by atoms with Crippen molar-refractivity contribution in [3.05, 3.63) is 23.8 Å². The van der Waals surface area contributed by atoms with Gasteiger partial charge in [-0.2, -0.15) is 0 Å². The van der Waals surface area contributed by atoms with E-state index in [9.17, 15) is 13.2 Å². The van der Waals surface area contributed by atoms with Crippen molar-refractivity contribution in [1.29, 1.82) is 0 Å². The number of sulfonamides is 1. The van der Waals surface area contributed by atoms with Crippen molar-refractivity contribution in [2.24, 2.45) is 0 Å². The van der Waals surface area contributed by atoms with E-state index in [2.05, 4.69) is 10.8 Å². The smallest absolute Gasteiger partial charge is 0.483 e. The Morgan fingerprint density at radius 3 is 2.37 bits per heavy atom. The molecule has 9 nitrogen and oxygen atoms in total. The second-order valence-corrected chi connectivity index (χ2v) is 14.1. The lowest BCUT2D eigenvalue weighted by Crippen LogP contribution is -2.59. The van der Waals surface area contributed by atoms with Crippen molar-refractivity contribution in [2.45, 2.75) is 102 Å². The molecule has 1 aliphatic carbocycles. The number of nitrogens with one attached hydrogen (secondary N) is 1. The summed E-state index contributed by atoms with van der Waals surface area (Å²) in [7, 11) is -3.89. The summed E-state index contributed by atoms with van der Waals surface area (Å²) in [5, 5.41) is 0. The molecule has 2 bridgehead atoms. The van der Waals surface area contributed by atoms with Crippen LogP contribution in [0, 0.1) is 0 Å². The van der Waals surface area contributed by atoms with Crippen LogP contribution in [0.2, 0.25) is 0 Å². The van der Waals surface area contributed by atoms with Gasteiger partial charge in [-0.15, -0.1) is 0 Å². The predicted molar refractivity (Wildman–Crippen MR) is 145 cm³/mol. The number of fused-ring (bicyclic) bond motifs is 5. The summed E-state index contributed by atoms with van der Waals surface area (Å²) in [6.45, 7) is 8.94. The summed E-state index contributed by atoms with van der Waals surface area (Å²) in [6.07, 6.45) is 6.32. The van der Waals surface area contributed by atoms with Crippen LogP contribution >= 0.6 is 0 Å². The maximum Gasteiger partial charge on any atom is 0.494 e. The van der Waals surface area contributed by atoms with Crippen molar-refractivity contribution in [2.75, 3.05) is 26.0 Å². The third kappa shape index (κ3) is 5.77. The number of ether oxygens (including phenoxy) is 2. The van der Waals surface area contributed by atoms with Gasteiger partial charge in [0.1, 0.15) is 5.75 Å². The standard InChI is InChI=1S/C27H41BN2O7S/c1-26(2)27(3,4)37-28(36-26)19-10-13-24-21(15-19)18-8-11-20(12-9-18)34-16-23-22(29-38(5,32)33)7-6-14-30(23)25(31)17-35-24/h10,13,15,18,20,22-23,29H,6-9,11-12,14,16-17H2,1-5H3/t18?,20?,22-,23-/m0/s1. The Morgan fingerprint density at radius 1 is 1.03 bits per heavy atom. The Balaban J connectivity index is 1.42. The summed E-state index contributed by atoms with van der Waals surface area (Å²) in [4.78, 5) is 15.1. The second-order valence-electron chi connectivity index (χ2n) is 12.3. The van der Waals surface area contributed by atoms with Gasteiger partial charge in [0, 0.05) is 12.6 Å². The van der Waals surface area contributed by atoms with Crippen LogP contribution in [0.4, 0.5) is 0 Å². The lowest BCUT2D eigenvalue weighted by atomic mass is 9.75. The first-order chi connectivity index (χ1) is 17.8. The average molecular weight is 549 g/mol. The largest absolute Gasteiger partial charge is 0.494 e. The number of nitrogens with zero attached hydrogens (tertiary/aromatic N) is 1. The molecule has 11 heteroatoms. The van der Waals surface area contributed by atoms with Gasteiger partial charge in [0.15, 0.2) is 6.61 Å². The van der Waals surface area contributed by atoms with Crippen LogP contribution in [0.5, 0.6) is 5.75 Å². The first-order valence-electron chi connectivity index (χ1n) is 13.8. The molecule has 1 amide bonds. The molecule has 0 aromatic heterocycles. The highest BCUT2D eigenvalue weighted by molar-refractivity contribution is 7.88. The zero-order chi connectivity index (χ0) is 27.3. The van der Waals surface area contributed by atoms with Crippen LogP contribution in [0.15, 0.2) is 18.2 Å². The summed E-state index contributed by atoms with van der Waals surface area (Å²) >= 11 is 0. The summed E-state index contributed by atoms with van der Waals surface area (Å²) < 4.78 is 51.9. The quantitative estimate of drug-likeness (QED) is 0.579. The summed E-state index contributed by atoms with van der Waals surface area (Å²) in [6, 6.07) is 5.29. The zero-order valence-corrected chi connectivity index (χ0v) is 24.0. The molecule has 2 saturated heterocycles. The third-order valence-electron chi connectivity index (χ3n) is 8.99. The van der Waals surface area contributed by atoms with Gasteiger partial charge in [0.25, 0.3) is 5.91 Å². The molecule has 1 aromatic carbocycles. The fraction of sp³-hybridized carbons (Fsp3) is 0.741. The van der Waals surface area contributed by atoms with Gasteiger partial charge in [0.2, 0.25) is 10.0 Å². The van der Waals surface area contributed by atoms with Gasteiger partial charge in [-0.3, -0.25) is 4.79 Å². The third-order valence-corrected chi connectivity index (χ3v) is 9.72. The van der Waals surface area contributed by atoms with Gasteiger partial charge >= 0.3 is 7.12 Å². The fourth-order valence-corrected chi connectivity index (χ4v) is 6.95. The normalized spacial score (nSPS) is 31.4. The molecule has 210 valence electrons. The monoisotopic (exact) mass is 548 g/mol. The van der Waals surface area contributed by atoms with Gasteiger partial charge in [0.05, 0.1) is 36.2 Å². The maximum atomic E-state index is 13.4. The van der Waals surface area contributed by atoms with E-state index in [4.69, 9.17) is 18.8 Å². The molecule has 1 saturated carbocycles. The molecule has 0 unspecified atom stereocenters. The summed E-state index contributed by atoms with van der Waals surface area (Å²) in [5.74, 6) is 0.832. The molecule has 4 heterocycles. The van der Waals surface area contributed by atoms with E-state index in [0.29, 0.717) is 25.3 Å². The number of carbonyl (C=O) groups is 1. The molecular weight excluding hydrogens is 507 g/mol. The van der Waals surface area contributed by atoms with Crippen molar-refractivity contribution < 1.29 is 32.0 Å². The highest BCUT2D eigenvalue weighted by Gasteiger charge is 2.52. The van der Waals surface area contributed by atoms with Gasteiger partial charge in [-0.25, -0.2) is 13.1 Å². The van der Waals surface area contributed by atoms with E-state index >= 15 is 0 Å². The van der Waals surface area contributed by atoms with Crippen molar-refractivity contribution in [3.63, 3.8) is 0 Å². The Labute approximate surface area is 227 Å². The van der Waals surface area contributed by atoms with Crippen molar-refractivity contribution in [3.8, 4) is 5.75 Å². The first-order valence-corrected chi connectivity index (χ1v) is 15.7. The van der Waals surface area contributed by atoms with E-state index in [1.54, 1.807) is 4.90 Å². The SMILES string of the molecule is CC1(C)OB(c2ccc3c(c2)C2CCC(CC2)OC[C@H]2[C@@H](NS(C)(=O)=O)CCCN2C(=O)CO3)OC1(C)C. The van der Waals surface area contributed by atoms with Crippen LogP contribution in [0.1, 0.15) is 77.7 Å². The van der Waals surface area contributed by atoms with Gasteiger partial charge in [-0.1, -0.05) is 12.1 Å². The van der Waals surface area contributed by atoms with Crippen LogP contribution in [0.25, 0.3) is 0 Å². The Hall–Kier alpha value is -1.66. The number of piperidine rings is 1. The molecule has 38 heavy (non-hydrogen) atoms. The first kappa shape index (κ1) is 27.9. The molecule has 3 fully saturated rings. The van der Waals surface area contributed by atoms with E-state index < -0.39 is 28.3 Å². The number of hydrogen-bond acceptors (Lipinski definition) is 7. The lowest BCUT2D eigenvalue weighted by Gasteiger charge is -2.41. The molecule has 0 spiro atoms. The molecule has 1 N–H and O–H groups in total. The second kappa shape index (κ2) is 10.4. The van der Waals surface area contributed by atoms with Crippen LogP contribution in [0.3, 0.4) is 0 Å². The molecule has 2 atom stereocenters. The molecular formula is C27H41BN2O7S. The van der Waals surface area contributed by atoms with Gasteiger partial charge in [-0.05, 0) is 89.2 Å². The minimum Gasteiger partial charge on any atom is -0.483 e. The minimum atomic E-state index is -3.42. The molecule has 0 radical (unpaired) electrons. The van der Waals surface area contributed by atoms with E-state index in [1.165, 1.54) is 0 Å². The van der Waals surface area contributed by atoms with Crippen LogP contribution < -0.4 is 14.9 Å². The van der Waals surface area contributed by atoms with Crippen LogP contribution in [-0.2, 0) is 28.9 Å². The van der Waals surface area contributed by atoms with Crippen LogP contribution in [-0.4, -0.2) is 81.7 Å². The van der Waals surface area contributed by atoms with Gasteiger partial charge < -0.3 is 23.7 Å².